The molecular weight excluding hydrogens is 190 g/mol. The summed E-state index contributed by atoms with van der Waals surface area (Å²) in [6, 6.07) is 4.29. The highest BCUT2D eigenvalue weighted by molar-refractivity contribution is 7.90. The number of hydrogen-bond acceptors (Lipinski definition) is 4. The van der Waals surface area contributed by atoms with Gasteiger partial charge in [-0.25, -0.2) is 8.42 Å². The van der Waals surface area contributed by atoms with Gasteiger partial charge >= 0.3 is 0 Å². The fourth-order valence-electron chi connectivity index (χ4n) is 1.00. The van der Waals surface area contributed by atoms with E-state index in [1.807, 2.05) is 0 Å². The lowest BCUT2D eigenvalue weighted by molar-refractivity contribution is 0.458. The first-order valence-electron chi connectivity index (χ1n) is 3.67. The van der Waals surface area contributed by atoms with Gasteiger partial charge in [-0.1, -0.05) is 6.07 Å². The second kappa shape index (κ2) is 3.35. The van der Waals surface area contributed by atoms with Crippen LogP contribution in [0.1, 0.15) is 5.56 Å². The van der Waals surface area contributed by atoms with Crippen LogP contribution < -0.4 is 5.73 Å². The van der Waals surface area contributed by atoms with Crippen molar-refractivity contribution in [3.8, 4) is 5.75 Å². The van der Waals surface area contributed by atoms with E-state index in [4.69, 9.17) is 5.73 Å². The van der Waals surface area contributed by atoms with Crippen molar-refractivity contribution in [3.63, 3.8) is 0 Å². The Morgan fingerprint density at radius 1 is 1.46 bits per heavy atom. The van der Waals surface area contributed by atoms with E-state index in [-0.39, 0.29) is 17.2 Å². The van der Waals surface area contributed by atoms with Gasteiger partial charge in [0.2, 0.25) is 0 Å². The lowest BCUT2D eigenvalue weighted by atomic mass is 10.2. The molecule has 0 heterocycles. The molecule has 0 amide bonds. The van der Waals surface area contributed by atoms with Crippen LogP contribution >= 0.6 is 0 Å². The van der Waals surface area contributed by atoms with E-state index in [0.29, 0.717) is 5.56 Å². The molecule has 3 N–H and O–H groups in total. The Hall–Kier alpha value is -1.07. The molecule has 0 atom stereocenters. The minimum Gasteiger partial charge on any atom is -0.507 e. The van der Waals surface area contributed by atoms with Crippen LogP contribution in [-0.2, 0) is 16.4 Å². The first-order valence-corrected chi connectivity index (χ1v) is 5.56. The van der Waals surface area contributed by atoms with E-state index >= 15 is 0 Å². The molecule has 13 heavy (non-hydrogen) atoms. The van der Waals surface area contributed by atoms with Gasteiger partial charge in [0.05, 0.1) is 0 Å². The van der Waals surface area contributed by atoms with E-state index in [1.54, 1.807) is 6.07 Å². The summed E-state index contributed by atoms with van der Waals surface area (Å²) in [5.41, 5.74) is 6.02. The number of aromatic hydroxyl groups is 1. The topological polar surface area (TPSA) is 80.4 Å². The molecule has 0 saturated carbocycles. The monoisotopic (exact) mass is 201 g/mol. The van der Waals surface area contributed by atoms with Crippen LogP contribution in [0.5, 0.6) is 5.75 Å². The normalized spacial score (nSPS) is 11.5. The largest absolute Gasteiger partial charge is 0.507 e. The summed E-state index contributed by atoms with van der Waals surface area (Å²) in [5.74, 6) is -0.245. The molecule has 0 aliphatic rings. The SMILES string of the molecule is CS(=O)(=O)c1ccc(CN)cc1O. The molecule has 0 bridgehead atoms. The van der Waals surface area contributed by atoms with E-state index in [1.165, 1.54) is 12.1 Å². The van der Waals surface area contributed by atoms with Gasteiger partial charge in [-0.05, 0) is 17.7 Å². The number of benzene rings is 1. The Labute approximate surface area is 76.9 Å². The molecule has 72 valence electrons. The second-order valence-corrected chi connectivity index (χ2v) is 4.76. The number of nitrogens with two attached hydrogens (primary N) is 1. The summed E-state index contributed by atoms with van der Waals surface area (Å²) >= 11 is 0. The highest BCUT2D eigenvalue weighted by Gasteiger charge is 2.12. The van der Waals surface area contributed by atoms with Crippen LogP contribution in [-0.4, -0.2) is 19.8 Å². The third-order valence-corrected chi connectivity index (χ3v) is 2.80. The van der Waals surface area contributed by atoms with Crippen molar-refractivity contribution in [3.05, 3.63) is 23.8 Å². The van der Waals surface area contributed by atoms with Crippen molar-refractivity contribution in [1.29, 1.82) is 0 Å². The lowest BCUT2D eigenvalue weighted by Gasteiger charge is -2.03. The average Bonchev–Trinajstić information content (AvgIpc) is 2.01. The number of phenols is 1. The van der Waals surface area contributed by atoms with Crippen LogP contribution in [0.15, 0.2) is 23.1 Å². The van der Waals surface area contributed by atoms with Gasteiger partial charge in [0.25, 0.3) is 0 Å². The van der Waals surface area contributed by atoms with Crippen molar-refractivity contribution >= 4 is 9.84 Å². The van der Waals surface area contributed by atoms with E-state index < -0.39 is 9.84 Å². The number of hydrogen-bond donors (Lipinski definition) is 2. The molecule has 0 radical (unpaired) electrons. The first kappa shape index (κ1) is 10.0. The van der Waals surface area contributed by atoms with Crippen LogP contribution in [0.4, 0.5) is 0 Å². The quantitative estimate of drug-likeness (QED) is 0.719. The van der Waals surface area contributed by atoms with Gasteiger partial charge in [-0.2, -0.15) is 0 Å². The third kappa shape index (κ3) is 2.19. The summed E-state index contributed by atoms with van der Waals surface area (Å²) in [6.07, 6.45) is 1.05. The Morgan fingerprint density at radius 3 is 2.46 bits per heavy atom. The van der Waals surface area contributed by atoms with Gasteiger partial charge < -0.3 is 10.8 Å². The number of sulfone groups is 1. The molecule has 1 aromatic carbocycles. The average molecular weight is 201 g/mol. The molecule has 0 unspecified atom stereocenters. The minimum atomic E-state index is -3.35. The van der Waals surface area contributed by atoms with Gasteiger partial charge in [0, 0.05) is 12.8 Å². The molecule has 0 aliphatic heterocycles. The maximum Gasteiger partial charge on any atom is 0.179 e. The highest BCUT2D eigenvalue weighted by Crippen LogP contribution is 2.23. The standard InChI is InChI=1S/C8H11NO3S/c1-13(11,12)8-3-2-6(5-9)4-7(8)10/h2-4,10H,5,9H2,1H3. The molecule has 0 spiro atoms. The van der Waals surface area contributed by atoms with Crippen LogP contribution in [0.3, 0.4) is 0 Å². The predicted molar refractivity (Wildman–Crippen MR) is 49.1 cm³/mol. The summed E-state index contributed by atoms with van der Waals surface area (Å²) < 4.78 is 22.1. The molecule has 1 aromatic rings. The van der Waals surface area contributed by atoms with Gasteiger partial charge in [0.15, 0.2) is 9.84 Å². The Balaban J connectivity index is 3.29. The molecule has 1 rings (SSSR count). The van der Waals surface area contributed by atoms with Crippen LogP contribution in [0.25, 0.3) is 0 Å². The third-order valence-electron chi connectivity index (χ3n) is 1.66. The van der Waals surface area contributed by atoms with Gasteiger partial charge in [-0.3, -0.25) is 0 Å². The van der Waals surface area contributed by atoms with Crippen LogP contribution in [0.2, 0.25) is 0 Å². The molecule has 5 heteroatoms. The molecule has 0 saturated heterocycles. The number of phenolic OH excluding ortho intramolecular Hbond substituents is 1. The summed E-state index contributed by atoms with van der Waals surface area (Å²) in [6.45, 7) is 0.275. The van der Waals surface area contributed by atoms with E-state index in [2.05, 4.69) is 0 Å². The predicted octanol–water partition coefficient (Wildman–Crippen LogP) is 0.254. The Kier molecular flexibility index (Phi) is 2.58. The molecule has 0 fully saturated rings. The van der Waals surface area contributed by atoms with Crippen molar-refractivity contribution in [2.75, 3.05) is 6.26 Å². The maximum atomic E-state index is 11.1. The van der Waals surface area contributed by atoms with Gasteiger partial charge in [-0.15, -0.1) is 0 Å². The maximum absolute atomic E-state index is 11.1. The minimum absolute atomic E-state index is 0.0651. The fourth-order valence-corrected chi connectivity index (χ4v) is 1.76. The van der Waals surface area contributed by atoms with Crippen molar-refractivity contribution in [1.82, 2.24) is 0 Å². The van der Waals surface area contributed by atoms with Crippen LogP contribution in [0, 0.1) is 0 Å². The molecule has 0 aliphatic carbocycles. The van der Waals surface area contributed by atoms with E-state index in [9.17, 15) is 13.5 Å². The Bertz CT molecular complexity index is 411. The van der Waals surface area contributed by atoms with Crippen molar-refractivity contribution in [2.24, 2.45) is 5.73 Å². The zero-order valence-corrected chi connectivity index (χ0v) is 8.00. The zero-order valence-electron chi connectivity index (χ0n) is 7.19. The van der Waals surface area contributed by atoms with Crippen molar-refractivity contribution < 1.29 is 13.5 Å². The highest BCUT2D eigenvalue weighted by atomic mass is 32.2. The molecular formula is C8H11NO3S. The summed E-state index contributed by atoms with van der Waals surface area (Å²) in [5, 5.41) is 9.32. The Morgan fingerprint density at radius 2 is 2.08 bits per heavy atom. The smallest absolute Gasteiger partial charge is 0.179 e. The summed E-state index contributed by atoms with van der Waals surface area (Å²) in [7, 11) is -3.35. The second-order valence-electron chi connectivity index (χ2n) is 2.78. The number of rotatable bonds is 2. The fraction of sp³-hybridized carbons (Fsp3) is 0.250. The van der Waals surface area contributed by atoms with Gasteiger partial charge in [0.1, 0.15) is 10.6 Å². The lowest BCUT2D eigenvalue weighted by Crippen LogP contribution is -2.00. The zero-order chi connectivity index (χ0) is 10.1. The molecule has 0 aromatic heterocycles. The van der Waals surface area contributed by atoms with Crippen molar-refractivity contribution in [2.45, 2.75) is 11.4 Å². The summed E-state index contributed by atoms with van der Waals surface area (Å²) in [4.78, 5) is -0.0651. The first-order chi connectivity index (χ1) is 5.95. The van der Waals surface area contributed by atoms with E-state index in [0.717, 1.165) is 6.26 Å². The molecule has 4 nitrogen and oxygen atoms in total.